The topological polar surface area (TPSA) is 72.4 Å². The lowest BCUT2D eigenvalue weighted by atomic mass is 10.1. The van der Waals surface area contributed by atoms with Crippen LogP contribution in [0.1, 0.15) is 12.0 Å². The minimum atomic E-state index is -0.427. The van der Waals surface area contributed by atoms with E-state index in [1.807, 2.05) is 31.2 Å². The Kier molecular flexibility index (Phi) is 3.89. The molecule has 7 heteroatoms. The molecular formula is C15H15N3O3S. The van der Waals surface area contributed by atoms with Crippen LogP contribution in [0.25, 0.3) is 10.6 Å². The van der Waals surface area contributed by atoms with Crippen molar-refractivity contribution in [2.75, 3.05) is 18.6 Å². The summed E-state index contributed by atoms with van der Waals surface area (Å²) < 4.78 is 4.70. The van der Waals surface area contributed by atoms with Crippen LogP contribution in [-0.4, -0.2) is 35.7 Å². The van der Waals surface area contributed by atoms with Gasteiger partial charge in [0.2, 0.25) is 11.0 Å². The fourth-order valence-electron chi connectivity index (χ4n) is 2.44. The minimum Gasteiger partial charge on any atom is -0.469 e. The first-order valence-electron chi connectivity index (χ1n) is 6.87. The number of carbonyl (C=O) groups excluding carboxylic acids is 2. The Bertz CT molecular complexity index is 728. The highest BCUT2D eigenvalue weighted by atomic mass is 32.1. The number of rotatable bonds is 3. The third-order valence-corrected chi connectivity index (χ3v) is 4.57. The van der Waals surface area contributed by atoms with Crippen LogP contribution in [0.4, 0.5) is 5.13 Å². The van der Waals surface area contributed by atoms with Gasteiger partial charge in [0.15, 0.2) is 0 Å². The lowest BCUT2D eigenvalue weighted by Gasteiger charge is -2.11. The van der Waals surface area contributed by atoms with Gasteiger partial charge in [0.25, 0.3) is 0 Å². The second-order valence-electron chi connectivity index (χ2n) is 5.19. The Morgan fingerprint density at radius 2 is 2.23 bits per heavy atom. The number of aromatic nitrogens is 2. The average molecular weight is 317 g/mol. The first-order valence-corrected chi connectivity index (χ1v) is 7.69. The van der Waals surface area contributed by atoms with E-state index in [2.05, 4.69) is 10.2 Å². The zero-order chi connectivity index (χ0) is 15.7. The number of aryl methyl sites for hydroxylation is 1. The highest BCUT2D eigenvalue weighted by Gasteiger charge is 2.37. The maximum Gasteiger partial charge on any atom is 0.311 e. The number of benzene rings is 1. The van der Waals surface area contributed by atoms with Crippen LogP contribution in [0, 0.1) is 12.8 Å². The summed E-state index contributed by atoms with van der Waals surface area (Å²) in [4.78, 5) is 25.1. The quantitative estimate of drug-likeness (QED) is 0.810. The lowest BCUT2D eigenvalue weighted by molar-refractivity contribution is -0.145. The maximum atomic E-state index is 12.1. The molecule has 1 unspecified atom stereocenters. The van der Waals surface area contributed by atoms with Gasteiger partial charge in [-0.15, -0.1) is 10.2 Å². The van der Waals surface area contributed by atoms with E-state index in [1.54, 1.807) is 0 Å². The molecule has 0 radical (unpaired) electrons. The van der Waals surface area contributed by atoms with Crippen molar-refractivity contribution in [2.24, 2.45) is 5.92 Å². The Morgan fingerprint density at radius 1 is 1.41 bits per heavy atom. The van der Waals surface area contributed by atoms with Crippen LogP contribution in [0.15, 0.2) is 24.3 Å². The van der Waals surface area contributed by atoms with E-state index in [-0.39, 0.29) is 18.3 Å². The smallest absolute Gasteiger partial charge is 0.311 e. The van der Waals surface area contributed by atoms with Crippen LogP contribution in [0.3, 0.4) is 0 Å². The molecule has 0 saturated carbocycles. The monoisotopic (exact) mass is 317 g/mol. The molecule has 0 bridgehead atoms. The van der Waals surface area contributed by atoms with Crippen molar-refractivity contribution in [1.29, 1.82) is 0 Å². The molecule has 0 spiro atoms. The number of carbonyl (C=O) groups is 2. The highest BCUT2D eigenvalue weighted by Crippen LogP contribution is 2.32. The zero-order valence-electron chi connectivity index (χ0n) is 12.3. The predicted octanol–water partition coefficient (Wildman–Crippen LogP) is 2.04. The standard InChI is InChI=1S/C15H15N3O3S/c1-9-4-3-5-10(6-9)13-16-17-15(22-13)18-8-11(7-12(18)19)14(20)21-2/h3-6,11H,7-8H2,1-2H3. The summed E-state index contributed by atoms with van der Waals surface area (Å²) in [6, 6.07) is 7.95. The Hall–Kier alpha value is -2.28. The van der Waals surface area contributed by atoms with E-state index >= 15 is 0 Å². The lowest BCUT2D eigenvalue weighted by Crippen LogP contribution is -2.26. The van der Waals surface area contributed by atoms with Crippen LogP contribution in [-0.2, 0) is 14.3 Å². The summed E-state index contributed by atoms with van der Waals surface area (Å²) in [6.07, 6.45) is 0.159. The van der Waals surface area contributed by atoms with Crippen molar-refractivity contribution >= 4 is 28.3 Å². The first-order chi connectivity index (χ1) is 10.6. The Labute approximate surface area is 131 Å². The molecule has 1 aromatic heterocycles. The van der Waals surface area contributed by atoms with Gasteiger partial charge in [0, 0.05) is 18.5 Å². The molecule has 6 nitrogen and oxygen atoms in total. The SMILES string of the molecule is COC(=O)C1CC(=O)N(c2nnc(-c3cccc(C)c3)s2)C1. The summed E-state index contributed by atoms with van der Waals surface area (Å²) in [5.41, 5.74) is 2.11. The van der Waals surface area contributed by atoms with E-state index in [0.29, 0.717) is 11.7 Å². The molecule has 2 heterocycles. The predicted molar refractivity (Wildman–Crippen MR) is 82.6 cm³/mol. The van der Waals surface area contributed by atoms with Crippen molar-refractivity contribution in [1.82, 2.24) is 10.2 Å². The number of hydrogen-bond acceptors (Lipinski definition) is 6. The third kappa shape index (κ3) is 2.71. The summed E-state index contributed by atoms with van der Waals surface area (Å²) >= 11 is 1.35. The van der Waals surface area contributed by atoms with Gasteiger partial charge in [-0.05, 0) is 13.0 Å². The molecule has 2 aromatic rings. The molecule has 0 N–H and O–H groups in total. The number of anilines is 1. The van der Waals surface area contributed by atoms with E-state index < -0.39 is 5.92 Å². The molecule has 22 heavy (non-hydrogen) atoms. The van der Waals surface area contributed by atoms with E-state index in [0.717, 1.165) is 16.1 Å². The number of hydrogen-bond donors (Lipinski definition) is 0. The molecule has 1 aliphatic rings. The summed E-state index contributed by atoms with van der Waals surface area (Å²) in [6.45, 7) is 2.31. The van der Waals surface area contributed by atoms with Crippen molar-refractivity contribution in [3.8, 4) is 10.6 Å². The van der Waals surface area contributed by atoms with Crippen LogP contribution < -0.4 is 4.90 Å². The number of esters is 1. The fraction of sp³-hybridized carbons (Fsp3) is 0.333. The molecule has 1 saturated heterocycles. The van der Waals surface area contributed by atoms with E-state index in [1.165, 1.54) is 23.3 Å². The number of amides is 1. The second kappa shape index (κ2) is 5.84. The van der Waals surface area contributed by atoms with Gasteiger partial charge in [0.1, 0.15) is 5.01 Å². The van der Waals surface area contributed by atoms with Crippen LogP contribution in [0.5, 0.6) is 0 Å². The third-order valence-electron chi connectivity index (χ3n) is 3.57. The molecule has 1 aromatic carbocycles. The van der Waals surface area contributed by atoms with Gasteiger partial charge < -0.3 is 4.74 Å². The minimum absolute atomic E-state index is 0.123. The summed E-state index contributed by atoms with van der Waals surface area (Å²) in [7, 11) is 1.33. The summed E-state index contributed by atoms with van der Waals surface area (Å²) in [5.74, 6) is -0.912. The molecule has 114 valence electrons. The van der Waals surface area contributed by atoms with Crippen molar-refractivity contribution in [3.63, 3.8) is 0 Å². The molecule has 0 aliphatic carbocycles. The Balaban J connectivity index is 1.82. The van der Waals surface area contributed by atoms with Gasteiger partial charge in [-0.25, -0.2) is 0 Å². The molecule has 1 atom stereocenters. The number of methoxy groups -OCH3 is 1. The van der Waals surface area contributed by atoms with E-state index in [4.69, 9.17) is 4.74 Å². The molecular weight excluding hydrogens is 302 g/mol. The van der Waals surface area contributed by atoms with Gasteiger partial charge in [-0.3, -0.25) is 14.5 Å². The van der Waals surface area contributed by atoms with Gasteiger partial charge in [-0.1, -0.05) is 35.1 Å². The van der Waals surface area contributed by atoms with Gasteiger partial charge in [-0.2, -0.15) is 0 Å². The highest BCUT2D eigenvalue weighted by molar-refractivity contribution is 7.18. The van der Waals surface area contributed by atoms with Gasteiger partial charge in [0.05, 0.1) is 13.0 Å². The Morgan fingerprint density at radius 3 is 2.95 bits per heavy atom. The maximum absolute atomic E-state index is 12.1. The molecule has 1 aliphatic heterocycles. The zero-order valence-corrected chi connectivity index (χ0v) is 13.1. The fourth-order valence-corrected chi connectivity index (χ4v) is 3.30. The number of nitrogens with zero attached hydrogens (tertiary/aromatic N) is 3. The molecule has 1 fully saturated rings. The van der Waals surface area contributed by atoms with Gasteiger partial charge >= 0.3 is 5.97 Å². The number of ether oxygens (including phenoxy) is 1. The molecule has 3 rings (SSSR count). The summed E-state index contributed by atoms with van der Waals surface area (Å²) in [5, 5.41) is 9.53. The largest absolute Gasteiger partial charge is 0.469 e. The van der Waals surface area contributed by atoms with Crippen LogP contribution in [0.2, 0.25) is 0 Å². The molecule has 1 amide bonds. The second-order valence-corrected chi connectivity index (χ2v) is 6.14. The van der Waals surface area contributed by atoms with Crippen molar-refractivity contribution in [3.05, 3.63) is 29.8 Å². The van der Waals surface area contributed by atoms with Crippen molar-refractivity contribution in [2.45, 2.75) is 13.3 Å². The van der Waals surface area contributed by atoms with E-state index in [9.17, 15) is 9.59 Å². The first kappa shape index (κ1) is 14.6. The normalized spacial score (nSPS) is 17.8. The van der Waals surface area contributed by atoms with Crippen LogP contribution >= 0.6 is 11.3 Å². The van der Waals surface area contributed by atoms with Crippen molar-refractivity contribution < 1.29 is 14.3 Å². The average Bonchev–Trinajstić information content (AvgIpc) is 3.13.